The van der Waals surface area contributed by atoms with Crippen molar-refractivity contribution in [1.82, 2.24) is 24.4 Å². The van der Waals surface area contributed by atoms with Crippen molar-refractivity contribution in [3.63, 3.8) is 0 Å². The number of anilines is 1. The number of hydrogen-bond donors (Lipinski definition) is 1. The molecular weight excluding hydrogens is 400 g/mol. The van der Waals surface area contributed by atoms with Crippen molar-refractivity contribution in [1.29, 1.82) is 0 Å². The van der Waals surface area contributed by atoms with Crippen molar-refractivity contribution < 1.29 is 0 Å². The zero-order chi connectivity index (χ0) is 22.1. The largest absolute Gasteiger partial charge is 0.369 e. The Hall–Kier alpha value is -3.45. The van der Waals surface area contributed by atoms with Gasteiger partial charge in [0.1, 0.15) is 5.52 Å². The number of pyridine rings is 1. The van der Waals surface area contributed by atoms with Crippen molar-refractivity contribution in [2.75, 3.05) is 38.1 Å². The predicted molar refractivity (Wildman–Crippen MR) is 129 cm³/mol. The summed E-state index contributed by atoms with van der Waals surface area (Å²) in [6.45, 7) is 7.05. The highest BCUT2D eigenvalue weighted by molar-refractivity contribution is 5.91. The van der Waals surface area contributed by atoms with Crippen molar-refractivity contribution in [3.8, 4) is 22.4 Å². The van der Waals surface area contributed by atoms with Crippen LogP contribution in [0.3, 0.4) is 0 Å². The van der Waals surface area contributed by atoms with Crippen molar-refractivity contribution in [2.24, 2.45) is 0 Å². The van der Waals surface area contributed by atoms with Crippen LogP contribution in [0, 0.1) is 0 Å². The normalized spacial score (nSPS) is 14.9. The topological polar surface area (TPSA) is 70.1 Å². The molecule has 7 heteroatoms. The van der Waals surface area contributed by atoms with Crippen LogP contribution in [-0.2, 0) is 6.54 Å². The zero-order valence-corrected chi connectivity index (χ0v) is 18.6. The van der Waals surface area contributed by atoms with Crippen molar-refractivity contribution >= 4 is 16.9 Å². The number of nitrogens with zero attached hydrogens (tertiary/aromatic N) is 5. The number of hydrogen-bond acceptors (Lipinski definition) is 5. The molecule has 4 aromatic rings. The lowest BCUT2D eigenvalue weighted by Crippen LogP contribution is -2.44. The molecule has 0 spiro atoms. The van der Waals surface area contributed by atoms with Gasteiger partial charge in [0.2, 0.25) is 0 Å². The van der Waals surface area contributed by atoms with E-state index in [2.05, 4.69) is 58.0 Å². The van der Waals surface area contributed by atoms with Gasteiger partial charge < -0.3 is 19.4 Å². The molecule has 0 unspecified atom stereocenters. The summed E-state index contributed by atoms with van der Waals surface area (Å²) < 4.78 is 1.75. The fourth-order valence-electron chi connectivity index (χ4n) is 4.26. The molecule has 7 nitrogen and oxygen atoms in total. The average Bonchev–Trinajstić information content (AvgIpc) is 3.25. The first kappa shape index (κ1) is 20.5. The summed E-state index contributed by atoms with van der Waals surface area (Å²) in [6.07, 6.45) is 6.55. The van der Waals surface area contributed by atoms with E-state index in [9.17, 15) is 4.79 Å². The molecule has 0 aliphatic carbocycles. The molecule has 4 heterocycles. The van der Waals surface area contributed by atoms with Gasteiger partial charge in [-0.3, -0.25) is 4.79 Å². The lowest BCUT2D eigenvalue weighted by Gasteiger charge is -2.34. The zero-order valence-electron chi connectivity index (χ0n) is 18.6. The van der Waals surface area contributed by atoms with Crippen LogP contribution in [0.2, 0.25) is 0 Å². The maximum absolute atomic E-state index is 12.1. The smallest absolute Gasteiger partial charge is 0.250 e. The van der Waals surface area contributed by atoms with Crippen LogP contribution in [0.5, 0.6) is 0 Å². The Kier molecular flexibility index (Phi) is 5.49. The van der Waals surface area contributed by atoms with Crippen LogP contribution in [0.4, 0.5) is 5.69 Å². The van der Waals surface area contributed by atoms with Crippen molar-refractivity contribution in [2.45, 2.75) is 19.9 Å². The lowest BCUT2D eigenvalue weighted by molar-refractivity contribution is 0.313. The molecule has 1 aliphatic heterocycles. The number of H-pyrrole nitrogens is 1. The molecule has 3 aromatic heterocycles. The summed E-state index contributed by atoms with van der Waals surface area (Å²) in [6, 6.07) is 12.1. The first-order valence-corrected chi connectivity index (χ1v) is 11.2. The highest BCUT2D eigenvalue weighted by Crippen LogP contribution is 2.29. The number of piperazine rings is 1. The molecule has 1 N–H and O–H groups in total. The summed E-state index contributed by atoms with van der Waals surface area (Å²) in [5, 5.41) is 0. The Morgan fingerprint density at radius 1 is 1.00 bits per heavy atom. The number of nitrogens with one attached hydrogen (secondary N) is 1. The molecule has 1 fully saturated rings. The maximum Gasteiger partial charge on any atom is 0.250 e. The molecule has 1 aromatic carbocycles. The molecule has 1 aliphatic rings. The van der Waals surface area contributed by atoms with Crippen LogP contribution in [0.15, 0.2) is 59.8 Å². The summed E-state index contributed by atoms with van der Waals surface area (Å²) >= 11 is 0. The molecule has 1 saturated heterocycles. The minimum Gasteiger partial charge on any atom is -0.369 e. The standard InChI is InChI=1S/C25H28N6O/c1-3-10-31-17-19(6-9-23(31)32)21-15-26-25-24(21)28-22(16-27-25)18-4-7-20(8-5-18)30-13-11-29(2)12-14-30/h4-9,15-17H,3,10-14H2,1-2H3,(H,26,27). The number of aryl methyl sites for hydroxylation is 1. The van der Waals surface area contributed by atoms with Gasteiger partial charge in [-0.1, -0.05) is 19.1 Å². The van der Waals surface area contributed by atoms with Crippen molar-refractivity contribution in [3.05, 3.63) is 65.3 Å². The monoisotopic (exact) mass is 428 g/mol. The van der Waals surface area contributed by atoms with Crippen LogP contribution >= 0.6 is 0 Å². The van der Waals surface area contributed by atoms with Gasteiger partial charge in [-0.2, -0.15) is 0 Å². The second-order valence-electron chi connectivity index (χ2n) is 8.44. The van der Waals surface area contributed by atoms with E-state index in [4.69, 9.17) is 4.98 Å². The summed E-state index contributed by atoms with van der Waals surface area (Å²) in [7, 11) is 2.17. The van der Waals surface area contributed by atoms with E-state index in [1.165, 1.54) is 5.69 Å². The average molecular weight is 429 g/mol. The Morgan fingerprint density at radius 2 is 1.75 bits per heavy atom. The van der Waals surface area contributed by atoms with E-state index < -0.39 is 0 Å². The van der Waals surface area contributed by atoms with E-state index in [-0.39, 0.29) is 5.56 Å². The fraction of sp³-hybridized carbons (Fsp3) is 0.320. The van der Waals surface area contributed by atoms with Gasteiger partial charge >= 0.3 is 0 Å². The molecule has 32 heavy (non-hydrogen) atoms. The third-order valence-corrected chi connectivity index (χ3v) is 6.17. The van der Waals surface area contributed by atoms with Gasteiger partial charge in [0.15, 0.2) is 5.65 Å². The molecule has 164 valence electrons. The Morgan fingerprint density at radius 3 is 2.50 bits per heavy atom. The van der Waals surface area contributed by atoms with Gasteiger partial charge in [-0.15, -0.1) is 0 Å². The summed E-state index contributed by atoms with van der Waals surface area (Å²) in [5.74, 6) is 0. The Labute approximate surface area is 187 Å². The Balaban J connectivity index is 1.46. The molecule has 0 atom stereocenters. The lowest BCUT2D eigenvalue weighted by atomic mass is 10.1. The highest BCUT2D eigenvalue weighted by atomic mass is 16.1. The molecular formula is C25H28N6O. The predicted octanol–water partition coefficient (Wildman–Crippen LogP) is 3.62. The first-order valence-electron chi connectivity index (χ1n) is 11.2. The van der Waals surface area contributed by atoms with E-state index in [0.717, 1.165) is 66.1 Å². The molecule has 0 saturated carbocycles. The first-order chi connectivity index (χ1) is 15.6. The van der Waals surface area contributed by atoms with Crippen LogP contribution in [0.25, 0.3) is 33.5 Å². The third-order valence-electron chi connectivity index (χ3n) is 6.17. The quantitative estimate of drug-likeness (QED) is 0.526. The van der Waals surface area contributed by atoms with E-state index >= 15 is 0 Å². The Bertz CT molecular complexity index is 1280. The van der Waals surface area contributed by atoms with E-state index in [1.54, 1.807) is 10.6 Å². The number of benzene rings is 1. The minimum absolute atomic E-state index is 0.0163. The number of aromatic nitrogens is 4. The fourth-order valence-corrected chi connectivity index (χ4v) is 4.26. The van der Waals surface area contributed by atoms with Crippen LogP contribution < -0.4 is 10.5 Å². The second-order valence-corrected chi connectivity index (χ2v) is 8.44. The van der Waals surface area contributed by atoms with Gasteiger partial charge in [0, 0.05) is 73.6 Å². The highest BCUT2D eigenvalue weighted by Gasteiger charge is 2.15. The number of fused-ring (bicyclic) bond motifs is 1. The number of aromatic amines is 1. The molecule has 0 amide bonds. The van der Waals surface area contributed by atoms with Gasteiger partial charge in [-0.05, 0) is 31.7 Å². The maximum atomic E-state index is 12.1. The number of rotatable bonds is 5. The van der Waals surface area contributed by atoms with Crippen LogP contribution in [-0.4, -0.2) is 57.6 Å². The van der Waals surface area contributed by atoms with Gasteiger partial charge in [-0.25, -0.2) is 9.97 Å². The summed E-state index contributed by atoms with van der Waals surface area (Å²) in [5.41, 5.74) is 6.61. The summed E-state index contributed by atoms with van der Waals surface area (Å²) in [4.78, 5) is 29.6. The molecule has 5 rings (SSSR count). The third kappa shape index (κ3) is 3.91. The number of likely N-dealkylation sites (N-methyl/N-ethyl adjacent to an activating group) is 1. The minimum atomic E-state index is 0.0163. The van der Waals surface area contributed by atoms with E-state index in [1.807, 2.05) is 24.7 Å². The van der Waals surface area contributed by atoms with Gasteiger partial charge in [0.05, 0.1) is 11.9 Å². The second kappa shape index (κ2) is 8.59. The van der Waals surface area contributed by atoms with E-state index in [0.29, 0.717) is 6.54 Å². The van der Waals surface area contributed by atoms with Crippen LogP contribution in [0.1, 0.15) is 13.3 Å². The SMILES string of the molecule is CCCn1cc(-c2c[nH]c3ncc(-c4ccc(N5CCN(C)CC5)cc4)nc23)ccc1=O. The molecule has 0 radical (unpaired) electrons. The van der Waals surface area contributed by atoms with Gasteiger partial charge in [0.25, 0.3) is 5.56 Å². The molecule has 0 bridgehead atoms.